The van der Waals surface area contributed by atoms with E-state index in [9.17, 15) is 21.6 Å². The van der Waals surface area contributed by atoms with Crippen LogP contribution in [0, 0.1) is 6.92 Å². The molecule has 2 fully saturated rings. The Morgan fingerprint density at radius 1 is 1.16 bits per heavy atom. The summed E-state index contributed by atoms with van der Waals surface area (Å²) in [6.45, 7) is 1.40. The highest BCUT2D eigenvalue weighted by Crippen LogP contribution is 2.34. The third-order valence-corrected chi connectivity index (χ3v) is 7.19. The molecule has 25 heavy (non-hydrogen) atoms. The SMILES string of the molecule is Cc1cc(C(F)(F)F)ccc1S(=O)(=O)N(C)C1CC2CCC(C1)N2.Cl. The van der Waals surface area contributed by atoms with Crippen LogP contribution in [0.1, 0.15) is 36.8 Å². The molecule has 0 amide bonds. The lowest BCUT2D eigenvalue weighted by atomic mass is 10.0. The van der Waals surface area contributed by atoms with Gasteiger partial charge in [0.25, 0.3) is 0 Å². The van der Waals surface area contributed by atoms with Crippen LogP contribution in [0.3, 0.4) is 0 Å². The van der Waals surface area contributed by atoms with Gasteiger partial charge in [0.15, 0.2) is 0 Å². The zero-order valence-electron chi connectivity index (χ0n) is 14.0. The van der Waals surface area contributed by atoms with E-state index in [1.807, 2.05) is 0 Å². The lowest BCUT2D eigenvalue weighted by molar-refractivity contribution is -0.137. The van der Waals surface area contributed by atoms with Gasteiger partial charge in [0.1, 0.15) is 0 Å². The molecule has 0 saturated carbocycles. The molecule has 0 aromatic heterocycles. The highest BCUT2D eigenvalue weighted by Gasteiger charge is 2.39. The summed E-state index contributed by atoms with van der Waals surface area (Å²) in [7, 11) is -2.28. The minimum atomic E-state index is -4.48. The predicted octanol–water partition coefficient (Wildman–Crippen LogP) is 3.34. The highest BCUT2D eigenvalue weighted by atomic mass is 35.5. The summed E-state index contributed by atoms with van der Waals surface area (Å²) in [6, 6.07) is 3.35. The van der Waals surface area contributed by atoms with Crippen molar-refractivity contribution in [2.24, 2.45) is 0 Å². The molecular weight excluding hydrogens is 377 g/mol. The van der Waals surface area contributed by atoms with Crippen molar-refractivity contribution in [3.63, 3.8) is 0 Å². The smallest absolute Gasteiger partial charge is 0.311 e. The molecule has 1 N–H and O–H groups in total. The predicted molar refractivity (Wildman–Crippen MR) is 91.3 cm³/mol. The molecule has 1 aromatic rings. The summed E-state index contributed by atoms with van der Waals surface area (Å²) < 4.78 is 65.4. The number of sulfonamides is 1. The zero-order chi connectivity index (χ0) is 17.7. The second-order valence-electron chi connectivity index (χ2n) is 6.76. The number of nitrogens with zero attached hydrogens (tertiary/aromatic N) is 1. The van der Waals surface area contributed by atoms with Crippen molar-refractivity contribution >= 4 is 22.4 Å². The van der Waals surface area contributed by atoms with E-state index in [0.717, 1.165) is 43.9 Å². The first-order chi connectivity index (χ1) is 11.1. The number of piperidine rings is 1. The number of hydrogen-bond acceptors (Lipinski definition) is 3. The lowest BCUT2D eigenvalue weighted by Crippen LogP contribution is -2.48. The van der Waals surface area contributed by atoms with Crippen molar-refractivity contribution in [1.29, 1.82) is 0 Å². The minimum absolute atomic E-state index is 0. The maximum Gasteiger partial charge on any atom is 0.416 e. The Hall–Kier alpha value is -0.830. The van der Waals surface area contributed by atoms with Crippen LogP contribution in [0.4, 0.5) is 13.2 Å². The van der Waals surface area contributed by atoms with E-state index in [1.165, 1.54) is 18.3 Å². The molecule has 4 nitrogen and oxygen atoms in total. The molecule has 0 radical (unpaired) electrons. The first-order valence-corrected chi connectivity index (χ1v) is 9.45. The summed E-state index contributed by atoms with van der Waals surface area (Å²) in [6.07, 6.45) is -0.895. The summed E-state index contributed by atoms with van der Waals surface area (Å²) in [5, 5.41) is 3.46. The van der Waals surface area contributed by atoms with Gasteiger partial charge in [-0.3, -0.25) is 0 Å². The van der Waals surface area contributed by atoms with E-state index < -0.39 is 21.8 Å². The monoisotopic (exact) mass is 398 g/mol. The second kappa shape index (κ2) is 7.06. The van der Waals surface area contributed by atoms with Gasteiger partial charge in [-0.25, -0.2) is 8.42 Å². The van der Waals surface area contributed by atoms with Crippen molar-refractivity contribution in [3.8, 4) is 0 Å². The standard InChI is InChI=1S/C16H21F3N2O2S.ClH/c1-10-7-11(16(17,18)19)3-6-15(10)24(22,23)21(2)14-8-12-4-5-13(9-14)20-12;/h3,6-7,12-14,20H,4-5,8-9H2,1-2H3;1H. The topological polar surface area (TPSA) is 49.4 Å². The first kappa shape index (κ1) is 20.5. The summed E-state index contributed by atoms with van der Waals surface area (Å²) in [5.74, 6) is 0. The Kier molecular flexibility index (Phi) is 5.78. The second-order valence-corrected chi connectivity index (χ2v) is 8.73. The van der Waals surface area contributed by atoms with E-state index in [4.69, 9.17) is 0 Å². The zero-order valence-corrected chi connectivity index (χ0v) is 15.6. The van der Waals surface area contributed by atoms with E-state index >= 15 is 0 Å². The molecule has 2 atom stereocenters. The molecule has 142 valence electrons. The molecule has 2 bridgehead atoms. The quantitative estimate of drug-likeness (QED) is 0.849. The molecule has 2 aliphatic rings. The van der Waals surface area contributed by atoms with Crippen molar-refractivity contribution in [2.45, 2.75) is 61.8 Å². The normalized spacial score (nSPS) is 26.6. The Labute approximate surface area is 152 Å². The molecule has 1 aromatic carbocycles. The van der Waals surface area contributed by atoms with Gasteiger partial charge in [-0.1, -0.05) is 0 Å². The van der Waals surface area contributed by atoms with Crippen LogP contribution in [0.15, 0.2) is 23.1 Å². The number of rotatable bonds is 3. The van der Waals surface area contributed by atoms with Crippen LogP contribution in [0.5, 0.6) is 0 Å². The Bertz CT molecular complexity index is 727. The Morgan fingerprint density at radius 2 is 1.72 bits per heavy atom. The molecule has 3 rings (SSSR count). The molecule has 9 heteroatoms. The number of benzene rings is 1. The van der Waals surface area contributed by atoms with Crippen LogP contribution >= 0.6 is 12.4 Å². The van der Waals surface area contributed by atoms with Gasteiger partial charge in [0.05, 0.1) is 10.5 Å². The van der Waals surface area contributed by atoms with Gasteiger partial charge in [0, 0.05) is 25.2 Å². The average molecular weight is 399 g/mol. The maximum atomic E-state index is 12.9. The van der Waals surface area contributed by atoms with E-state index in [2.05, 4.69) is 5.32 Å². The molecule has 0 spiro atoms. The van der Waals surface area contributed by atoms with Crippen molar-refractivity contribution in [2.75, 3.05) is 7.05 Å². The average Bonchev–Trinajstić information content (AvgIpc) is 2.83. The Morgan fingerprint density at radius 3 is 2.20 bits per heavy atom. The van der Waals surface area contributed by atoms with Crippen molar-refractivity contribution in [1.82, 2.24) is 9.62 Å². The first-order valence-electron chi connectivity index (χ1n) is 8.01. The van der Waals surface area contributed by atoms with Gasteiger partial charge in [-0.05, 0) is 56.4 Å². The van der Waals surface area contributed by atoms with Gasteiger partial charge >= 0.3 is 6.18 Å². The molecule has 2 aliphatic heterocycles. The minimum Gasteiger partial charge on any atom is -0.311 e. The van der Waals surface area contributed by atoms with E-state index in [-0.39, 0.29) is 28.9 Å². The molecular formula is C16H22ClF3N2O2S. The number of hydrogen-bond donors (Lipinski definition) is 1. The van der Waals surface area contributed by atoms with Gasteiger partial charge in [0.2, 0.25) is 10.0 Å². The summed E-state index contributed by atoms with van der Waals surface area (Å²) in [5.41, 5.74) is -0.713. The maximum absolute atomic E-state index is 12.9. The largest absolute Gasteiger partial charge is 0.416 e. The van der Waals surface area contributed by atoms with Crippen LogP contribution in [-0.4, -0.2) is 37.9 Å². The fourth-order valence-corrected chi connectivity index (χ4v) is 5.37. The molecule has 2 unspecified atom stereocenters. The summed E-state index contributed by atoms with van der Waals surface area (Å²) in [4.78, 5) is -0.0520. The third kappa shape index (κ3) is 3.97. The number of nitrogens with one attached hydrogen (secondary N) is 1. The van der Waals surface area contributed by atoms with E-state index in [1.54, 1.807) is 0 Å². The van der Waals surface area contributed by atoms with Crippen LogP contribution in [0.25, 0.3) is 0 Å². The fourth-order valence-electron chi connectivity index (χ4n) is 3.79. The molecule has 2 saturated heterocycles. The Balaban J connectivity index is 0.00000225. The lowest BCUT2D eigenvalue weighted by Gasteiger charge is -2.35. The molecule has 2 heterocycles. The third-order valence-electron chi connectivity index (χ3n) is 5.12. The van der Waals surface area contributed by atoms with Gasteiger partial charge < -0.3 is 5.32 Å². The number of halogens is 4. The highest BCUT2D eigenvalue weighted by molar-refractivity contribution is 7.89. The van der Waals surface area contributed by atoms with Gasteiger partial charge in [-0.2, -0.15) is 17.5 Å². The van der Waals surface area contributed by atoms with Crippen LogP contribution < -0.4 is 5.32 Å². The van der Waals surface area contributed by atoms with E-state index in [0.29, 0.717) is 12.1 Å². The van der Waals surface area contributed by atoms with Gasteiger partial charge in [-0.15, -0.1) is 12.4 Å². The number of aryl methyl sites for hydroxylation is 1. The number of alkyl halides is 3. The van der Waals surface area contributed by atoms with Crippen molar-refractivity contribution in [3.05, 3.63) is 29.3 Å². The fraction of sp³-hybridized carbons (Fsp3) is 0.625. The van der Waals surface area contributed by atoms with Crippen LogP contribution in [0.2, 0.25) is 0 Å². The number of fused-ring (bicyclic) bond motifs is 2. The summed E-state index contributed by atoms with van der Waals surface area (Å²) >= 11 is 0. The van der Waals surface area contributed by atoms with Crippen molar-refractivity contribution < 1.29 is 21.6 Å². The van der Waals surface area contributed by atoms with Crippen LogP contribution in [-0.2, 0) is 16.2 Å². The molecule has 0 aliphatic carbocycles.